The lowest BCUT2D eigenvalue weighted by Gasteiger charge is -2.37. The average Bonchev–Trinajstić information content (AvgIpc) is 3.54. The number of imide groups is 1. The molecule has 48 heavy (non-hydrogen) atoms. The largest absolute Gasteiger partial charge is 0.273 e. The van der Waals surface area contributed by atoms with E-state index in [1.807, 2.05) is 18.2 Å². The molecule has 2 aliphatic rings. The van der Waals surface area contributed by atoms with Crippen molar-refractivity contribution in [1.82, 2.24) is 10.4 Å². The Labute approximate surface area is 306 Å². The summed E-state index contributed by atoms with van der Waals surface area (Å²) in [4.78, 5) is 39.5. The fraction of sp³-hybridized carbons (Fsp3) is 0.595. The van der Waals surface area contributed by atoms with E-state index in [1.165, 1.54) is 107 Å². The van der Waals surface area contributed by atoms with E-state index in [2.05, 4.69) is 18.4 Å². The van der Waals surface area contributed by atoms with Crippen molar-refractivity contribution in [3.63, 3.8) is 0 Å². The van der Waals surface area contributed by atoms with E-state index in [4.69, 9.17) is 46.4 Å². The molecule has 1 N–H and O–H groups in total. The minimum absolute atomic E-state index is 0.0529. The Balaban J connectivity index is 1.27. The van der Waals surface area contributed by atoms with Crippen molar-refractivity contribution >= 4 is 75.5 Å². The molecule has 0 saturated carbocycles. The van der Waals surface area contributed by atoms with Crippen LogP contribution in [-0.4, -0.2) is 34.3 Å². The number of hydrazine groups is 2. The van der Waals surface area contributed by atoms with Gasteiger partial charge in [-0.05, 0) is 42.7 Å². The molecule has 7 nitrogen and oxygen atoms in total. The van der Waals surface area contributed by atoms with Gasteiger partial charge in [0, 0.05) is 5.02 Å². The number of aryl methyl sites for hydroxylation is 1. The topological polar surface area (TPSA) is 73.0 Å². The first-order valence-corrected chi connectivity index (χ1v) is 19.4. The van der Waals surface area contributed by atoms with E-state index in [0.29, 0.717) is 10.7 Å². The van der Waals surface area contributed by atoms with Gasteiger partial charge in [0.15, 0.2) is 0 Å². The highest BCUT2D eigenvalue weighted by Crippen LogP contribution is 2.39. The van der Waals surface area contributed by atoms with Crippen molar-refractivity contribution < 1.29 is 14.4 Å². The van der Waals surface area contributed by atoms with Crippen molar-refractivity contribution in [2.75, 3.05) is 10.0 Å². The van der Waals surface area contributed by atoms with Crippen molar-refractivity contribution in [3.8, 4) is 0 Å². The van der Waals surface area contributed by atoms with E-state index in [-0.39, 0.29) is 34.5 Å². The highest BCUT2D eigenvalue weighted by atomic mass is 35.5. The molecule has 2 fully saturated rings. The molecule has 0 spiro atoms. The number of nitrogens with one attached hydrogen (secondary N) is 1. The van der Waals surface area contributed by atoms with Gasteiger partial charge >= 0.3 is 0 Å². The zero-order valence-electron chi connectivity index (χ0n) is 28.1. The molecule has 0 aliphatic carbocycles. The fourth-order valence-corrected chi connectivity index (χ4v) is 7.79. The molecule has 2 saturated heterocycles. The molecule has 264 valence electrons. The number of unbranched alkanes of at least 4 members (excludes halogenated alkanes) is 15. The lowest BCUT2D eigenvalue weighted by atomic mass is 10.0. The van der Waals surface area contributed by atoms with Gasteiger partial charge in [-0.25, -0.2) is 10.4 Å². The van der Waals surface area contributed by atoms with Crippen LogP contribution in [0.15, 0.2) is 36.4 Å². The maximum absolute atomic E-state index is 13.3. The number of hydrogen-bond donors (Lipinski definition) is 1. The van der Waals surface area contributed by atoms with Gasteiger partial charge in [0.05, 0.1) is 34.3 Å². The van der Waals surface area contributed by atoms with Gasteiger partial charge < -0.3 is 0 Å². The minimum Gasteiger partial charge on any atom is -0.273 e. The molecule has 2 heterocycles. The summed E-state index contributed by atoms with van der Waals surface area (Å²) in [6.45, 7) is 2.27. The number of hydrogen-bond acceptors (Lipinski definition) is 5. The quantitative estimate of drug-likeness (QED) is 0.0784. The van der Waals surface area contributed by atoms with Gasteiger partial charge in [0.2, 0.25) is 11.8 Å². The van der Waals surface area contributed by atoms with Gasteiger partial charge in [-0.2, -0.15) is 5.01 Å². The standard InChI is InChI=1S/C37H50Cl4N4O3/c1-2-3-4-5-6-7-8-9-10-11-12-13-14-15-16-17-19-27-20-18-21-29(22-27)44(45-35(47)25-32(41)37(45)48)33-26-34(46)43(42-33)36-30(39)23-28(38)24-31(36)40/h18,20-24,32-33,42H,2-17,19,25-26H2,1H3. The summed E-state index contributed by atoms with van der Waals surface area (Å²) < 4.78 is 0. The number of nitrogens with zero attached hydrogens (tertiary/aromatic N) is 3. The first kappa shape index (κ1) is 38.8. The molecular weight excluding hydrogens is 690 g/mol. The SMILES string of the molecule is CCCCCCCCCCCCCCCCCCc1cccc(N(C2CC(=O)N(c3c(Cl)cc(Cl)cc3Cl)N2)N2C(=O)CC(Cl)C2=O)c1. The van der Waals surface area contributed by atoms with E-state index < -0.39 is 23.4 Å². The third kappa shape index (κ3) is 11.0. The van der Waals surface area contributed by atoms with Crippen molar-refractivity contribution in [2.45, 2.75) is 140 Å². The van der Waals surface area contributed by atoms with Crippen LogP contribution in [0.4, 0.5) is 11.4 Å². The Morgan fingerprint density at radius 3 is 1.79 bits per heavy atom. The van der Waals surface area contributed by atoms with Gasteiger partial charge in [0.25, 0.3) is 5.91 Å². The Morgan fingerprint density at radius 1 is 0.729 bits per heavy atom. The number of halogens is 4. The Kier molecular flexibility index (Phi) is 16.1. The number of alkyl halides is 1. The first-order chi connectivity index (χ1) is 23.2. The summed E-state index contributed by atoms with van der Waals surface area (Å²) in [6.07, 6.45) is 21.1. The second-order valence-electron chi connectivity index (χ2n) is 13.1. The second-order valence-corrected chi connectivity index (χ2v) is 14.9. The number of amides is 3. The molecular formula is C37H50Cl4N4O3. The number of carbonyl (C=O) groups is 3. The molecule has 0 radical (unpaired) electrons. The Bertz CT molecular complexity index is 1350. The van der Waals surface area contributed by atoms with Crippen LogP contribution in [0.2, 0.25) is 15.1 Å². The van der Waals surface area contributed by atoms with E-state index in [9.17, 15) is 14.4 Å². The van der Waals surface area contributed by atoms with Crippen LogP contribution >= 0.6 is 46.4 Å². The fourth-order valence-electron chi connectivity index (χ4n) is 6.58. The first-order valence-electron chi connectivity index (χ1n) is 17.8. The van der Waals surface area contributed by atoms with Crippen LogP contribution in [0.25, 0.3) is 0 Å². The highest BCUT2D eigenvalue weighted by molar-refractivity contribution is 6.42. The molecule has 2 aromatic rings. The van der Waals surface area contributed by atoms with E-state index in [1.54, 1.807) is 5.01 Å². The average molecular weight is 741 g/mol. The number of benzene rings is 2. The molecule has 2 aliphatic heterocycles. The van der Waals surface area contributed by atoms with Gasteiger partial charge in [-0.1, -0.05) is 150 Å². The van der Waals surface area contributed by atoms with Crippen LogP contribution < -0.4 is 15.4 Å². The molecule has 0 aromatic heterocycles. The molecule has 0 bridgehead atoms. The number of anilines is 2. The van der Waals surface area contributed by atoms with Gasteiger partial charge in [-0.3, -0.25) is 19.4 Å². The molecule has 3 amide bonds. The monoisotopic (exact) mass is 738 g/mol. The third-order valence-corrected chi connectivity index (χ3v) is 10.3. The van der Waals surface area contributed by atoms with Crippen molar-refractivity contribution in [2.24, 2.45) is 0 Å². The Morgan fingerprint density at radius 2 is 1.27 bits per heavy atom. The van der Waals surface area contributed by atoms with E-state index >= 15 is 0 Å². The highest BCUT2D eigenvalue weighted by Gasteiger charge is 2.46. The summed E-state index contributed by atoms with van der Waals surface area (Å²) in [5.74, 6) is -1.29. The lowest BCUT2D eigenvalue weighted by molar-refractivity contribution is -0.140. The maximum Gasteiger partial charge on any atom is 0.266 e. The summed E-state index contributed by atoms with van der Waals surface area (Å²) in [5, 5.41) is 3.60. The van der Waals surface area contributed by atoms with Crippen LogP contribution in [0, 0.1) is 0 Å². The van der Waals surface area contributed by atoms with Crippen LogP contribution in [-0.2, 0) is 20.8 Å². The predicted octanol–water partition coefficient (Wildman–Crippen LogP) is 10.8. The number of rotatable bonds is 21. The van der Waals surface area contributed by atoms with Crippen molar-refractivity contribution in [3.05, 3.63) is 57.0 Å². The summed E-state index contributed by atoms with van der Waals surface area (Å²) in [6, 6.07) is 10.8. The molecule has 11 heteroatoms. The summed E-state index contributed by atoms with van der Waals surface area (Å²) in [7, 11) is 0. The zero-order valence-corrected chi connectivity index (χ0v) is 31.2. The molecule has 4 rings (SSSR count). The summed E-state index contributed by atoms with van der Waals surface area (Å²) >= 11 is 25.2. The molecule has 2 aromatic carbocycles. The Hall–Kier alpha value is -2.03. The lowest BCUT2D eigenvalue weighted by Crippen LogP contribution is -2.57. The summed E-state index contributed by atoms with van der Waals surface area (Å²) in [5.41, 5.74) is 5.07. The normalized spacial score (nSPS) is 18.1. The maximum atomic E-state index is 13.3. The van der Waals surface area contributed by atoms with Gasteiger partial charge in [-0.15, -0.1) is 11.6 Å². The van der Waals surface area contributed by atoms with Crippen LogP contribution in [0.5, 0.6) is 0 Å². The zero-order chi connectivity index (χ0) is 34.5. The van der Waals surface area contributed by atoms with Crippen LogP contribution in [0.3, 0.4) is 0 Å². The second kappa shape index (κ2) is 20.0. The number of carbonyl (C=O) groups excluding carboxylic acids is 3. The molecule has 2 atom stereocenters. The van der Waals surface area contributed by atoms with Crippen LogP contribution in [0.1, 0.15) is 128 Å². The smallest absolute Gasteiger partial charge is 0.266 e. The van der Waals surface area contributed by atoms with Gasteiger partial charge in [0.1, 0.15) is 11.5 Å². The minimum atomic E-state index is -0.971. The van der Waals surface area contributed by atoms with E-state index in [0.717, 1.165) is 29.8 Å². The third-order valence-electron chi connectivity index (χ3n) is 9.17. The molecule has 2 unspecified atom stereocenters. The predicted molar refractivity (Wildman–Crippen MR) is 199 cm³/mol. The van der Waals surface area contributed by atoms with Crippen molar-refractivity contribution in [1.29, 1.82) is 0 Å².